The van der Waals surface area contributed by atoms with Crippen LogP contribution in [0.1, 0.15) is 18.3 Å². The average molecular weight is 349 g/mol. The molecule has 19 heavy (non-hydrogen) atoms. The van der Waals surface area contributed by atoms with Crippen molar-refractivity contribution in [1.29, 1.82) is 0 Å². The van der Waals surface area contributed by atoms with Crippen molar-refractivity contribution in [1.82, 2.24) is 19.6 Å². The summed E-state index contributed by atoms with van der Waals surface area (Å²) in [7, 11) is 1.79. The number of aryl methyl sites for hydroxylation is 2. The van der Waals surface area contributed by atoms with Crippen molar-refractivity contribution in [3.05, 3.63) is 37.2 Å². The van der Waals surface area contributed by atoms with Gasteiger partial charge in [0.15, 0.2) is 0 Å². The van der Waals surface area contributed by atoms with E-state index in [-0.39, 0.29) is 5.82 Å². The van der Waals surface area contributed by atoms with Crippen LogP contribution in [0.2, 0.25) is 5.02 Å². The molecule has 0 aromatic carbocycles. The fourth-order valence-corrected chi connectivity index (χ4v) is 2.55. The molecular formula is C10H11BrClN5O2. The van der Waals surface area contributed by atoms with Crippen LogP contribution in [0.15, 0.2) is 10.7 Å². The molecule has 0 spiro atoms. The van der Waals surface area contributed by atoms with Gasteiger partial charge in [0.1, 0.15) is 11.0 Å². The van der Waals surface area contributed by atoms with Crippen molar-refractivity contribution in [3.8, 4) is 0 Å². The molecule has 0 atom stereocenters. The van der Waals surface area contributed by atoms with Crippen LogP contribution in [-0.2, 0) is 20.0 Å². The quantitative estimate of drug-likeness (QED) is 0.628. The zero-order valence-electron chi connectivity index (χ0n) is 10.3. The SMILES string of the molecule is CCc1nn(C)c(Cn2cc(Br)c([N+](=O)[O-])n2)c1Cl. The van der Waals surface area contributed by atoms with Crippen molar-refractivity contribution >= 4 is 33.3 Å². The Morgan fingerprint density at radius 1 is 1.53 bits per heavy atom. The third-order valence-electron chi connectivity index (χ3n) is 2.69. The Bertz CT molecular complexity index is 636. The molecule has 0 bridgehead atoms. The maximum absolute atomic E-state index is 10.7. The topological polar surface area (TPSA) is 78.8 Å². The third kappa shape index (κ3) is 2.64. The lowest BCUT2D eigenvalue weighted by Crippen LogP contribution is -2.06. The lowest BCUT2D eigenvalue weighted by molar-refractivity contribution is -0.390. The molecule has 2 rings (SSSR count). The molecule has 0 saturated carbocycles. The van der Waals surface area contributed by atoms with Crippen molar-refractivity contribution in [2.45, 2.75) is 19.9 Å². The maximum atomic E-state index is 10.7. The minimum atomic E-state index is -0.539. The van der Waals surface area contributed by atoms with Crippen molar-refractivity contribution in [2.75, 3.05) is 0 Å². The number of halogens is 2. The number of nitro groups is 1. The summed E-state index contributed by atoms with van der Waals surface area (Å²) < 4.78 is 3.47. The Labute approximate surface area is 122 Å². The lowest BCUT2D eigenvalue weighted by atomic mass is 10.3. The second-order valence-corrected chi connectivity index (χ2v) is 5.17. The standard InChI is InChI=1S/C10H11BrClN5O2/c1-3-7-9(12)8(15(2)13-7)5-16-4-6(11)10(14-16)17(18)19/h4H,3,5H2,1-2H3. The van der Waals surface area contributed by atoms with Gasteiger partial charge < -0.3 is 10.1 Å². The van der Waals surface area contributed by atoms with E-state index in [9.17, 15) is 10.1 Å². The van der Waals surface area contributed by atoms with Gasteiger partial charge in [0, 0.05) is 7.05 Å². The molecule has 7 nitrogen and oxygen atoms in total. The summed E-state index contributed by atoms with van der Waals surface area (Å²) in [6.07, 6.45) is 2.28. The Hall–Kier alpha value is -1.41. The summed E-state index contributed by atoms with van der Waals surface area (Å²) in [4.78, 5) is 10.2. The third-order valence-corrected chi connectivity index (χ3v) is 3.68. The zero-order valence-corrected chi connectivity index (χ0v) is 12.6. The minimum absolute atomic E-state index is 0.214. The summed E-state index contributed by atoms with van der Waals surface area (Å²) in [6, 6.07) is 0. The number of nitrogens with zero attached hydrogens (tertiary/aromatic N) is 5. The second-order valence-electron chi connectivity index (χ2n) is 3.94. The first-order valence-electron chi connectivity index (χ1n) is 5.51. The number of aromatic nitrogens is 4. The van der Waals surface area contributed by atoms with Crippen LogP contribution < -0.4 is 0 Å². The van der Waals surface area contributed by atoms with Crippen LogP contribution in [-0.4, -0.2) is 24.5 Å². The largest absolute Gasteiger partial charge is 0.404 e. The molecule has 0 amide bonds. The summed E-state index contributed by atoms with van der Waals surface area (Å²) in [6.45, 7) is 2.29. The van der Waals surface area contributed by atoms with Gasteiger partial charge in [-0.2, -0.15) is 9.78 Å². The van der Waals surface area contributed by atoms with Gasteiger partial charge in [0.05, 0.1) is 27.7 Å². The van der Waals surface area contributed by atoms with Crippen molar-refractivity contribution < 1.29 is 4.92 Å². The molecule has 0 fully saturated rings. The molecule has 0 aliphatic heterocycles. The average Bonchev–Trinajstić information content (AvgIpc) is 2.84. The van der Waals surface area contributed by atoms with Gasteiger partial charge >= 0.3 is 5.82 Å². The fourth-order valence-electron chi connectivity index (χ4n) is 1.74. The lowest BCUT2D eigenvalue weighted by Gasteiger charge is -1.99. The summed E-state index contributed by atoms with van der Waals surface area (Å²) in [5.41, 5.74) is 1.57. The van der Waals surface area contributed by atoms with Gasteiger partial charge in [-0.25, -0.2) is 0 Å². The van der Waals surface area contributed by atoms with E-state index >= 15 is 0 Å². The first-order chi connectivity index (χ1) is 8.93. The number of rotatable bonds is 4. The van der Waals surface area contributed by atoms with Crippen LogP contribution in [0.5, 0.6) is 0 Å². The first-order valence-corrected chi connectivity index (χ1v) is 6.68. The maximum Gasteiger partial charge on any atom is 0.404 e. The van der Waals surface area contributed by atoms with Gasteiger partial charge in [-0.3, -0.25) is 4.68 Å². The monoisotopic (exact) mass is 347 g/mol. The fraction of sp³-hybridized carbons (Fsp3) is 0.400. The molecule has 0 N–H and O–H groups in total. The molecule has 2 heterocycles. The Kier molecular flexibility index (Phi) is 3.91. The number of hydrogen-bond donors (Lipinski definition) is 0. The van der Waals surface area contributed by atoms with Gasteiger partial charge in [0.2, 0.25) is 0 Å². The Morgan fingerprint density at radius 2 is 2.21 bits per heavy atom. The van der Waals surface area contributed by atoms with E-state index in [2.05, 4.69) is 26.1 Å². The van der Waals surface area contributed by atoms with Crippen LogP contribution >= 0.6 is 27.5 Å². The van der Waals surface area contributed by atoms with E-state index in [0.29, 0.717) is 16.0 Å². The van der Waals surface area contributed by atoms with Gasteiger partial charge in [0.25, 0.3) is 0 Å². The van der Waals surface area contributed by atoms with E-state index in [1.54, 1.807) is 17.9 Å². The smallest absolute Gasteiger partial charge is 0.358 e. The molecular weight excluding hydrogens is 338 g/mol. The molecule has 2 aromatic heterocycles. The van der Waals surface area contributed by atoms with Crippen molar-refractivity contribution in [3.63, 3.8) is 0 Å². The van der Waals surface area contributed by atoms with Crippen LogP contribution in [0.25, 0.3) is 0 Å². The van der Waals surface area contributed by atoms with Crippen LogP contribution in [0, 0.1) is 10.1 Å². The Morgan fingerprint density at radius 3 is 2.68 bits per heavy atom. The van der Waals surface area contributed by atoms with Gasteiger partial charge in [-0.15, -0.1) is 0 Å². The highest BCUT2D eigenvalue weighted by molar-refractivity contribution is 9.10. The van der Waals surface area contributed by atoms with E-state index in [4.69, 9.17) is 11.6 Å². The number of hydrogen-bond acceptors (Lipinski definition) is 4. The summed E-state index contributed by atoms with van der Waals surface area (Å²) in [5.74, 6) is -0.214. The molecule has 0 aliphatic carbocycles. The molecule has 0 radical (unpaired) electrons. The summed E-state index contributed by atoms with van der Waals surface area (Å²) >= 11 is 9.33. The van der Waals surface area contributed by atoms with E-state index < -0.39 is 4.92 Å². The van der Waals surface area contributed by atoms with E-state index in [0.717, 1.165) is 17.8 Å². The predicted octanol–water partition coefficient (Wildman–Crippen LogP) is 2.55. The first kappa shape index (κ1) is 14.0. The molecule has 0 aliphatic rings. The van der Waals surface area contributed by atoms with Crippen LogP contribution in [0.4, 0.5) is 5.82 Å². The van der Waals surface area contributed by atoms with Gasteiger partial charge in [-0.05, 0) is 27.3 Å². The highest BCUT2D eigenvalue weighted by atomic mass is 79.9. The molecule has 102 valence electrons. The molecule has 0 saturated heterocycles. The van der Waals surface area contributed by atoms with Crippen molar-refractivity contribution in [2.24, 2.45) is 7.05 Å². The molecule has 9 heteroatoms. The molecule has 2 aromatic rings. The minimum Gasteiger partial charge on any atom is -0.358 e. The van der Waals surface area contributed by atoms with E-state index in [1.165, 1.54) is 4.68 Å². The second kappa shape index (κ2) is 5.30. The van der Waals surface area contributed by atoms with Crippen LogP contribution in [0.3, 0.4) is 0 Å². The highest BCUT2D eigenvalue weighted by Gasteiger charge is 2.21. The van der Waals surface area contributed by atoms with Gasteiger partial charge in [-0.1, -0.05) is 18.5 Å². The Balaban J connectivity index is 2.34. The highest BCUT2D eigenvalue weighted by Crippen LogP contribution is 2.25. The zero-order chi connectivity index (χ0) is 14.2. The predicted molar refractivity (Wildman–Crippen MR) is 73.3 cm³/mol. The summed E-state index contributed by atoms with van der Waals surface area (Å²) in [5, 5.41) is 19.5. The normalized spacial score (nSPS) is 10.9. The molecule has 0 unspecified atom stereocenters. The van der Waals surface area contributed by atoms with E-state index in [1.807, 2.05) is 6.92 Å².